The highest BCUT2D eigenvalue weighted by Crippen LogP contribution is 2.30. The first-order chi connectivity index (χ1) is 13.8. The van der Waals surface area contributed by atoms with Gasteiger partial charge in [0.15, 0.2) is 0 Å². The fraction of sp³-hybridized carbons (Fsp3) is 0.238. The van der Waals surface area contributed by atoms with Crippen LogP contribution in [0.2, 0.25) is 0 Å². The van der Waals surface area contributed by atoms with Crippen molar-refractivity contribution in [1.29, 1.82) is 0 Å². The standard InChI is InChI=1S/C21H19N5O2/c1-27-15-10-8-14(9-11-15)20-24-25-21(28-20)18-22-17-7-3-2-6-16(17)19(23-18)26-12-4-5-13-26/h2-3,6-11H,4-5,12-13H2,1H3. The van der Waals surface area contributed by atoms with Gasteiger partial charge in [0, 0.05) is 24.0 Å². The van der Waals surface area contributed by atoms with Crippen molar-refractivity contribution in [3.63, 3.8) is 0 Å². The lowest BCUT2D eigenvalue weighted by molar-refractivity contribution is 0.415. The number of methoxy groups -OCH3 is 1. The highest BCUT2D eigenvalue weighted by atomic mass is 16.5. The molecular weight excluding hydrogens is 354 g/mol. The molecule has 1 aliphatic rings. The molecule has 0 saturated carbocycles. The van der Waals surface area contributed by atoms with Gasteiger partial charge in [-0.15, -0.1) is 10.2 Å². The second-order valence-electron chi connectivity index (χ2n) is 6.72. The Morgan fingerprint density at radius 3 is 2.43 bits per heavy atom. The maximum absolute atomic E-state index is 5.89. The summed E-state index contributed by atoms with van der Waals surface area (Å²) in [6, 6.07) is 15.5. The fourth-order valence-corrected chi connectivity index (χ4v) is 3.49. The quantitative estimate of drug-likeness (QED) is 0.536. The van der Waals surface area contributed by atoms with Crippen LogP contribution in [-0.2, 0) is 0 Å². The van der Waals surface area contributed by atoms with Gasteiger partial charge in [0.05, 0.1) is 12.6 Å². The zero-order chi connectivity index (χ0) is 18.9. The number of hydrogen-bond acceptors (Lipinski definition) is 7. The number of ether oxygens (including phenoxy) is 1. The number of anilines is 1. The van der Waals surface area contributed by atoms with Gasteiger partial charge in [0.25, 0.3) is 5.89 Å². The van der Waals surface area contributed by atoms with Crippen LogP contribution in [0.15, 0.2) is 52.9 Å². The van der Waals surface area contributed by atoms with E-state index in [0.717, 1.165) is 41.1 Å². The third-order valence-corrected chi connectivity index (χ3v) is 4.94. The van der Waals surface area contributed by atoms with E-state index in [9.17, 15) is 0 Å². The molecule has 0 amide bonds. The van der Waals surface area contributed by atoms with Gasteiger partial charge in [0.2, 0.25) is 11.7 Å². The van der Waals surface area contributed by atoms with E-state index in [1.54, 1.807) is 7.11 Å². The lowest BCUT2D eigenvalue weighted by Crippen LogP contribution is -2.20. The summed E-state index contributed by atoms with van der Waals surface area (Å²) >= 11 is 0. The van der Waals surface area contributed by atoms with Crippen molar-refractivity contribution in [2.45, 2.75) is 12.8 Å². The zero-order valence-electron chi connectivity index (χ0n) is 15.5. The van der Waals surface area contributed by atoms with E-state index in [1.165, 1.54) is 12.8 Å². The van der Waals surface area contributed by atoms with E-state index in [-0.39, 0.29) is 0 Å². The predicted molar refractivity (Wildman–Crippen MR) is 106 cm³/mol. The molecule has 7 heteroatoms. The van der Waals surface area contributed by atoms with E-state index in [4.69, 9.17) is 14.1 Å². The first-order valence-electron chi connectivity index (χ1n) is 9.32. The van der Waals surface area contributed by atoms with E-state index < -0.39 is 0 Å². The number of benzene rings is 2. The molecule has 0 N–H and O–H groups in total. The molecule has 2 aromatic carbocycles. The van der Waals surface area contributed by atoms with Crippen LogP contribution in [-0.4, -0.2) is 40.4 Å². The van der Waals surface area contributed by atoms with Gasteiger partial charge in [-0.2, -0.15) is 0 Å². The molecule has 4 aromatic rings. The van der Waals surface area contributed by atoms with Crippen molar-refractivity contribution in [3.05, 3.63) is 48.5 Å². The largest absolute Gasteiger partial charge is 0.497 e. The summed E-state index contributed by atoms with van der Waals surface area (Å²) in [7, 11) is 1.63. The Kier molecular flexibility index (Phi) is 4.12. The van der Waals surface area contributed by atoms with E-state index >= 15 is 0 Å². The summed E-state index contributed by atoms with van der Waals surface area (Å²) in [6.45, 7) is 2.00. The monoisotopic (exact) mass is 373 g/mol. The average Bonchev–Trinajstić information content (AvgIpc) is 3.45. The summed E-state index contributed by atoms with van der Waals surface area (Å²) in [4.78, 5) is 11.7. The van der Waals surface area contributed by atoms with Crippen LogP contribution < -0.4 is 9.64 Å². The SMILES string of the molecule is COc1ccc(-c2nnc(-c3nc(N4CCCC4)c4ccccc4n3)o2)cc1. The lowest BCUT2D eigenvalue weighted by atomic mass is 10.2. The molecule has 1 saturated heterocycles. The van der Waals surface area contributed by atoms with E-state index in [1.807, 2.05) is 42.5 Å². The summed E-state index contributed by atoms with van der Waals surface area (Å²) in [6.07, 6.45) is 2.35. The van der Waals surface area contributed by atoms with Crippen molar-refractivity contribution in [1.82, 2.24) is 20.2 Å². The summed E-state index contributed by atoms with van der Waals surface area (Å²) in [5.74, 6) is 2.90. The van der Waals surface area contributed by atoms with Gasteiger partial charge in [-0.3, -0.25) is 0 Å². The van der Waals surface area contributed by atoms with Gasteiger partial charge in [-0.05, 0) is 49.2 Å². The smallest absolute Gasteiger partial charge is 0.286 e. The topological polar surface area (TPSA) is 77.2 Å². The van der Waals surface area contributed by atoms with Crippen LogP contribution in [0.1, 0.15) is 12.8 Å². The van der Waals surface area contributed by atoms with Crippen LogP contribution in [0.5, 0.6) is 5.75 Å². The van der Waals surface area contributed by atoms with E-state index in [2.05, 4.69) is 26.1 Å². The third-order valence-electron chi connectivity index (χ3n) is 4.94. The number of nitrogens with zero attached hydrogens (tertiary/aromatic N) is 5. The molecule has 1 fully saturated rings. The molecule has 0 atom stereocenters. The van der Waals surface area contributed by atoms with Crippen molar-refractivity contribution in [2.75, 3.05) is 25.1 Å². The first kappa shape index (κ1) is 16.7. The number of aromatic nitrogens is 4. The Bertz CT molecular complexity index is 1120. The van der Waals surface area contributed by atoms with Gasteiger partial charge >= 0.3 is 0 Å². The molecule has 0 unspecified atom stereocenters. The molecular formula is C21H19N5O2. The van der Waals surface area contributed by atoms with Crippen LogP contribution in [0.25, 0.3) is 34.1 Å². The molecule has 2 aromatic heterocycles. The second kappa shape index (κ2) is 6.92. The molecule has 0 spiro atoms. The first-order valence-corrected chi connectivity index (χ1v) is 9.32. The fourth-order valence-electron chi connectivity index (χ4n) is 3.49. The molecule has 0 aliphatic carbocycles. The molecule has 28 heavy (non-hydrogen) atoms. The van der Waals surface area contributed by atoms with Crippen LogP contribution >= 0.6 is 0 Å². The molecule has 1 aliphatic heterocycles. The Balaban J connectivity index is 1.56. The highest BCUT2D eigenvalue weighted by molar-refractivity contribution is 5.90. The Morgan fingerprint density at radius 2 is 1.64 bits per heavy atom. The maximum Gasteiger partial charge on any atom is 0.286 e. The number of para-hydroxylation sites is 1. The zero-order valence-corrected chi connectivity index (χ0v) is 15.5. The minimum Gasteiger partial charge on any atom is -0.497 e. The lowest BCUT2D eigenvalue weighted by Gasteiger charge is -2.18. The van der Waals surface area contributed by atoms with Crippen molar-refractivity contribution in [2.24, 2.45) is 0 Å². The number of rotatable bonds is 4. The molecule has 0 bridgehead atoms. The van der Waals surface area contributed by atoms with Crippen molar-refractivity contribution in [3.8, 4) is 28.9 Å². The van der Waals surface area contributed by atoms with Crippen molar-refractivity contribution < 1.29 is 9.15 Å². The molecule has 3 heterocycles. The normalized spacial score (nSPS) is 14.0. The molecule has 5 rings (SSSR count). The Hall–Kier alpha value is -3.48. The average molecular weight is 373 g/mol. The minimum atomic E-state index is 0.317. The molecule has 7 nitrogen and oxygen atoms in total. The van der Waals surface area contributed by atoms with Gasteiger partial charge in [-0.1, -0.05) is 12.1 Å². The number of hydrogen-bond donors (Lipinski definition) is 0. The molecule has 0 radical (unpaired) electrons. The van der Waals surface area contributed by atoms with Gasteiger partial charge in [0.1, 0.15) is 11.6 Å². The Labute approximate surface area is 162 Å². The van der Waals surface area contributed by atoms with E-state index in [0.29, 0.717) is 17.6 Å². The van der Waals surface area contributed by atoms with Crippen molar-refractivity contribution >= 4 is 16.7 Å². The summed E-state index contributed by atoms with van der Waals surface area (Å²) < 4.78 is 11.1. The Morgan fingerprint density at radius 1 is 0.893 bits per heavy atom. The van der Waals surface area contributed by atoms with Crippen LogP contribution in [0.4, 0.5) is 5.82 Å². The van der Waals surface area contributed by atoms with Crippen LogP contribution in [0.3, 0.4) is 0 Å². The number of fused-ring (bicyclic) bond motifs is 1. The third kappa shape index (κ3) is 2.94. The maximum atomic E-state index is 5.89. The molecule has 140 valence electrons. The summed E-state index contributed by atoms with van der Waals surface area (Å²) in [5.41, 5.74) is 1.69. The summed E-state index contributed by atoms with van der Waals surface area (Å²) in [5, 5.41) is 9.41. The highest BCUT2D eigenvalue weighted by Gasteiger charge is 2.21. The predicted octanol–water partition coefficient (Wildman–Crippen LogP) is 3.96. The minimum absolute atomic E-state index is 0.317. The second-order valence-corrected chi connectivity index (χ2v) is 6.72. The van der Waals surface area contributed by atoms with Gasteiger partial charge in [-0.25, -0.2) is 9.97 Å². The van der Waals surface area contributed by atoms with Gasteiger partial charge < -0.3 is 14.1 Å². The van der Waals surface area contributed by atoms with Crippen LogP contribution in [0, 0.1) is 0 Å².